The average Bonchev–Trinajstić information content (AvgIpc) is 2.74. The van der Waals surface area contributed by atoms with E-state index in [0.717, 1.165) is 24.3 Å². The fourth-order valence-electron chi connectivity index (χ4n) is 3.46. The highest BCUT2D eigenvalue weighted by Crippen LogP contribution is 2.27. The lowest BCUT2D eigenvalue weighted by Crippen LogP contribution is -2.24. The van der Waals surface area contributed by atoms with E-state index in [1.54, 1.807) is 18.2 Å². The molecule has 1 aliphatic rings. The van der Waals surface area contributed by atoms with E-state index in [9.17, 15) is 4.79 Å². The Kier molecular flexibility index (Phi) is 5.92. The summed E-state index contributed by atoms with van der Waals surface area (Å²) in [6, 6.07) is 22.9. The van der Waals surface area contributed by atoms with Crippen molar-refractivity contribution in [3.63, 3.8) is 0 Å². The van der Waals surface area contributed by atoms with Crippen LogP contribution in [0.3, 0.4) is 0 Å². The number of Topliss-reactive ketones (excluding diaryl/α,β-unsaturated/α-hetero) is 1. The van der Waals surface area contributed by atoms with Crippen molar-refractivity contribution in [3.05, 3.63) is 106 Å². The second-order valence-electron chi connectivity index (χ2n) is 7.57. The monoisotopic (exact) mass is 397 g/mol. The van der Waals surface area contributed by atoms with Crippen molar-refractivity contribution in [2.24, 2.45) is 0 Å². The third-order valence-corrected chi connectivity index (χ3v) is 5.41. The maximum atomic E-state index is 12.7. The third-order valence-electron chi connectivity index (χ3n) is 5.41. The van der Waals surface area contributed by atoms with E-state index in [1.165, 1.54) is 5.56 Å². The van der Waals surface area contributed by atoms with Gasteiger partial charge in [-0.3, -0.25) is 4.79 Å². The van der Waals surface area contributed by atoms with Gasteiger partial charge in [0.2, 0.25) is 0 Å². The quantitative estimate of drug-likeness (QED) is 0.367. The van der Waals surface area contributed by atoms with E-state index >= 15 is 0 Å². The van der Waals surface area contributed by atoms with Gasteiger partial charge in [0.1, 0.15) is 11.9 Å². The standard InChI is InChI=1S/C26H23NO3/c1-18(20-8-10-21(11-9-20)23-16-29-17-23)30-25-5-3-4-22(15-25)26(28)14-19-6-12-24(27-2)13-7-19/h3-13,15,18,23H,14,16-17H2,1H3. The van der Waals surface area contributed by atoms with Gasteiger partial charge >= 0.3 is 0 Å². The molecule has 1 aliphatic heterocycles. The third kappa shape index (κ3) is 4.59. The van der Waals surface area contributed by atoms with E-state index < -0.39 is 0 Å². The molecule has 1 fully saturated rings. The van der Waals surface area contributed by atoms with Gasteiger partial charge in [-0.05, 0) is 35.7 Å². The van der Waals surface area contributed by atoms with Gasteiger partial charge in [-0.1, -0.05) is 60.7 Å². The van der Waals surface area contributed by atoms with Crippen LogP contribution in [-0.4, -0.2) is 19.0 Å². The van der Waals surface area contributed by atoms with E-state index in [1.807, 2.05) is 37.3 Å². The van der Waals surface area contributed by atoms with Crippen LogP contribution in [0.1, 0.15) is 46.0 Å². The first kappa shape index (κ1) is 19.9. The lowest BCUT2D eigenvalue weighted by molar-refractivity contribution is 0.00840. The summed E-state index contributed by atoms with van der Waals surface area (Å²) in [5.74, 6) is 1.21. The molecule has 0 radical (unpaired) electrons. The van der Waals surface area contributed by atoms with Gasteiger partial charge in [0, 0.05) is 17.9 Å². The molecular weight excluding hydrogens is 374 g/mol. The summed E-state index contributed by atoms with van der Waals surface area (Å²) in [4.78, 5) is 16.1. The molecule has 4 rings (SSSR count). The van der Waals surface area contributed by atoms with Gasteiger partial charge < -0.3 is 9.47 Å². The normalized spacial score (nSPS) is 14.4. The first-order valence-electron chi connectivity index (χ1n) is 10.1. The fourth-order valence-corrected chi connectivity index (χ4v) is 3.46. The molecule has 3 aromatic rings. The molecule has 0 aromatic heterocycles. The number of ketones is 1. The van der Waals surface area contributed by atoms with Crippen LogP contribution < -0.4 is 4.74 Å². The summed E-state index contributed by atoms with van der Waals surface area (Å²) in [5, 5.41) is 0. The zero-order valence-corrected chi connectivity index (χ0v) is 16.9. The molecule has 0 spiro atoms. The van der Waals surface area contributed by atoms with Crippen LogP contribution in [-0.2, 0) is 11.2 Å². The van der Waals surface area contributed by atoms with E-state index in [-0.39, 0.29) is 11.9 Å². The minimum Gasteiger partial charge on any atom is -0.486 e. The predicted molar refractivity (Wildman–Crippen MR) is 116 cm³/mol. The molecule has 1 atom stereocenters. The molecule has 0 amide bonds. The van der Waals surface area contributed by atoms with E-state index in [4.69, 9.17) is 16.0 Å². The summed E-state index contributed by atoms with van der Waals surface area (Å²) in [6.45, 7) is 10.6. The van der Waals surface area contributed by atoms with Crippen LogP contribution >= 0.6 is 0 Å². The number of rotatable bonds is 7. The number of nitrogens with zero attached hydrogens (tertiary/aromatic N) is 1. The first-order valence-corrected chi connectivity index (χ1v) is 10.1. The van der Waals surface area contributed by atoms with Crippen molar-refractivity contribution in [1.82, 2.24) is 0 Å². The Labute approximate surface area is 176 Å². The Hall–Kier alpha value is -3.42. The van der Waals surface area contributed by atoms with E-state index in [2.05, 4.69) is 29.1 Å². The molecule has 0 N–H and O–H groups in total. The number of carbonyl (C=O) groups is 1. The highest BCUT2D eigenvalue weighted by molar-refractivity contribution is 5.97. The molecule has 1 saturated heterocycles. The smallest absolute Gasteiger partial charge is 0.187 e. The molecule has 1 unspecified atom stereocenters. The second kappa shape index (κ2) is 8.94. The summed E-state index contributed by atoms with van der Waals surface area (Å²) in [7, 11) is 0. The molecule has 0 bridgehead atoms. The molecule has 30 heavy (non-hydrogen) atoms. The lowest BCUT2D eigenvalue weighted by Gasteiger charge is -2.26. The highest BCUT2D eigenvalue weighted by Gasteiger charge is 2.20. The number of hydrogen-bond acceptors (Lipinski definition) is 3. The summed E-state index contributed by atoms with van der Waals surface area (Å²) >= 11 is 0. The topological polar surface area (TPSA) is 39.9 Å². The number of carbonyl (C=O) groups excluding carboxylic acids is 1. The van der Waals surface area contributed by atoms with Crippen LogP contribution in [0.25, 0.3) is 4.85 Å². The highest BCUT2D eigenvalue weighted by atomic mass is 16.5. The van der Waals surface area contributed by atoms with Crippen LogP contribution in [0.15, 0.2) is 72.8 Å². The van der Waals surface area contributed by atoms with Crippen molar-refractivity contribution in [2.75, 3.05) is 13.2 Å². The molecule has 150 valence electrons. The Morgan fingerprint density at radius 2 is 1.83 bits per heavy atom. The zero-order chi connectivity index (χ0) is 20.9. The maximum absolute atomic E-state index is 12.7. The predicted octanol–water partition coefficient (Wildman–Crippen LogP) is 5.92. The van der Waals surface area contributed by atoms with Crippen molar-refractivity contribution >= 4 is 11.5 Å². The van der Waals surface area contributed by atoms with Gasteiger partial charge in [0.25, 0.3) is 0 Å². The van der Waals surface area contributed by atoms with E-state index in [0.29, 0.717) is 29.3 Å². The minimum atomic E-state index is -0.122. The molecule has 1 heterocycles. The summed E-state index contributed by atoms with van der Waals surface area (Å²) < 4.78 is 11.4. The summed E-state index contributed by atoms with van der Waals surface area (Å²) in [5.41, 5.74) is 4.48. The Morgan fingerprint density at radius 3 is 2.47 bits per heavy atom. The van der Waals surface area contributed by atoms with Crippen molar-refractivity contribution < 1.29 is 14.3 Å². The van der Waals surface area contributed by atoms with Crippen LogP contribution in [0.4, 0.5) is 5.69 Å². The van der Waals surface area contributed by atoms with Crippen LogP contribution in [0.5, 0.6) is 5.75 Å². The molecule has 0 saturated carbocycles. The largest absolute Gasteiger partial charge is 0.486 e. The average molecular weight is 397 g/mol. The molecule has 4 heteroatoms. The Morgan fingerprint density at radius 1 is 1.10 bits per heavy atom. The van der Waals surface area contributed by atoms with Gasteiger partial charge in [0.05, 0.1) is 19.8 Å². The first-order chi connectivity index (χ1) is 14.6. The number of hydrogen-bond donors (Lipinski definition) is 0. The lowest BCUT2D eigenvalue weighted by atomic mass is 9.96. The Balaban J connectivity index is 1.40. The fraction of sp³-hybridized carbons (Fsp3) is 0.231. The van der Waals surface area contributed by atoms with Crippen LogP contribution in [0.2, 0.25) is 0 Å². The molecule has 3 aromatic carbocycles. The Bertz CT molecular complexity index is 1060. The van der Waals surface area contributed by atoms with Gasteiger partial charge in [-0.25, -0.2) is 4.85 Å². The van der Waals surface area contributed by atoms with Crippen LogP contribution in [0, 0.1) is 6.57 Å². The zero-order valence-electron chi connectivity index (χ0n) is 16.9. The minimum absolute atomic E-state index is 0.0238. The SMILES string of the molecule is [C-]#[N+]c1ccc(CC(=O)c2cccc(OC(C)c3ccc(C4COC4)cc3)c2)cc1. The van der Waals surface area contributed by atoms with Gasteiger partial charge in [-0.15, -0.1) is 0 Å². The van der Waals surface area contributed by atoms with Crippen molar-refractivity contribution in [3.8, 4) is 5.75 Å². The maximum Gasteiger partial charge on any atom is 0.187 e. The molecule has 4 nitrogen and oxygen atoms in total. The second-order valence-corrected chi connectivity index (χ2v) is 7.57. The van der Waals surface area contributed by atoms with Crippen molar-refractivity contribution in [1.29, 1.82) is 0 Å². The van der Waals surface area contributed by atoms with Gasteiger partial charge in [-0.2, -0.15) is 0 Å². The number of ether oxygens (including phenoxy) is 2. The van der Waals surface area contributed by atoms with Gasteiger partial charge in [0.15, 0.2) is 11.5 Å². The number of benzene rings is 3. The molecular formula is C26H23NO3. The molecule has 0 aliphatic carbocycles. The van der Waals surface area contributed by atoms with Crippen molar-refractivity contribution in [2.45, 2.75) is 25.4 Å². The summed E-state index contributed by atoms with van der Waals surface area (Å²) in [6.07, 6.45) is 0.173.